The Labute approximate surface area is 131 Å². The van der Waals surface area contributed by atoms with Gasteiger partial charge in [-0.25, -0.2) is 0 Å². The van der Waals surface area contributed by atoms with Gasteiger partial charge in [0.25, 0.3) is 0 Å². The van der Waals surface area contributed by atoms with Crippen LogP contribution in [0.25, 0.3) is 0 Å². The highest BCUT2D eigenvalue weighted by Gasteiger charge is 2.34. The maximum atomic E-state index is 5.97. The minimum Gasteiger partial charge on any atom is -0.492 e. The first-order chi connectivity index (χ1) is 10.9. The van der Waals surface area contributed by atoms with Crippen LogP contribution in [0.5, 0.6) is 5.75 Å². The van der Waals surface area contributed by atoms with Gasteiger partial charge in [0.15, 0.2) is 0 Å². The van der Waals surface area contributed by atoms with Crippen LogP contribution in [0.1, 0.15) is 16.7 Å². The maximum absolute atomic E-state index is 5.97. The summed E-state index contributed by atoms with van der Waals surface area (Å²) in [5.74, 6) is 0.968. The van der Waals surface area contributed by atoms with E-state index in [-0.39, 0.29) is 0 Å². The van der Waals surface area contributed by atoms with Gasteiger partial charge in [0.2, 0.25) is 0 Å². The summed E-state index contributed by atoms with van der Waals surface area (Å²) >= 11 is 0. The third-order valence-electron chi connectivity index (χ3n) is 4.45. The first-order valence-corrected chi connectivity index (χ1v) is 7.99. The van der Waals surface area contributed by atoms with Crippen molar-refractivity contribution in [2.24, 2.45) is 0 Å². The monoisotopic (exact) mass is 295 g/mol. The molecule has 0 aliphatic carbocycles. The van der Waals surface area contributed by atoms with Crippen LogP contribution < -0.4 is 4.74 Å². The molecule has 0 N–H and O–H groups in total. The second-order valence-corrected chi connectivity index (χ2v) is 6.11. The van der Waals surface area contributed by atoms with Crippen LogP contribution in [-0.2, 0) is 24.3 Å². The zero-order chi connectivity index (χ0) is 14.8. The van der Waals surface area contributed by atoms with Crippen molar-refractivity contribution in [1.29, 1.82) is 0 Å². The Morgan fingerprint density at radius 3 is 2.91 bits per heavy atom. The summed E-state index contributed by atoms with van der Waals surface area (Å²) in [4.78, 5) is 2.44. The zero-order valence-electron chi connectivity index (χ0n) is 12.7. The van der Waals surface area contributed by atoms with Crippen molar-refractivity contribution in [3.63, 3.8) is 0 Å². The van der Waals surface area contributed by atoms with Crippen molar-refractivity contribution in [3.05, 3.63) is 65.2 Å². The summed E-state index contributed by atoms with van der Waals surface area (Å²) in [7, 11) is 0. The molecule has 2 aromatic carbocycles. The van der Waals surface area contributed by atoms with Crippen LogP contribution in [0.3, 0.4) is 0 Å². The second-order valence-electron chi connectivity index (χ2n) is 6.11. The molecule has 3 heteroatoms. The highest BCUT2D eigenvalue weighted by molar-refractivity contribution is 5.36. The Kier molecular flexibility index (Phi) is 3.83. The minimum atomic E-state index is 0.549. The molecule has 4 rings (SSSR count). The number of ether oxygens (including phenoxy) is 2. The van der Waals surface area contributed by atoms with Crippen LogP contribution in [0, 0.1) is 0 Å². The number of nitrogens with zero attached hydrogens (tertiary/aromatic N) is 1. The lowest BCUT2D eigenvalue weighted by atomic mass is 10.0. The van der Waals surface area contributed by atoms with E-state index in [0.29, 0.717) is 6.04 Å². The number of hydrogen-bond acceptors (Lipinski definition) is 3. The number of hydrogen-bond donors (Lipinski definition) is 0. The lowest BCUT2D eigenvalue weighted by Crippen LogP contribution is -2.12. The molecule has 0 bridgehead atoms. The van der Waals surface area contributed by atoms with Crippen molar-refractivity contribution < 1.29 is 9.47 Å². The van der Waals surface area contributed by atoms with Crippen molar-refractivity contribution in [3.8, 4) is 5.75 Å². The molecule has 0 saturated carbocycles. The summed E-state index contributed by atoms with van der Waals surface area (Å²) < 4.78 is 11.5. The third kappa shape index (κ3) is 3.16. The molecule has 1 saturated heterocycles. The van der Waals surface area contributed by atoms with Crippen molar-refractivity contribution in [2.45, 2.75) is 25.6 Å². The Bertz CT molecular complexity index is 641. The lowest BCUT2D eigenvalue weighted by molar-refractivity contribution is 0.110. The Balaban J connectivity index is 1.29. The van der Waals surface area contributed by atoms with Crippen molar-refractivity contribution in [2.75, 3.05) is 19.8 Å². The normalized spacial score (nSPS) is 22.9. The summed E-state index contributed by atoms with van der Waals surface area (Å²) in [6, 6.07) is 17.6. The lowest BCUT2D eigenvalue weighted by Gasteiger charge is -2.17. The Morgan fingerprint density at radius 1 is 1.09 bits per heavy atom. The smallest absolute Gasteiger partial charge is 0.119 e. The fourth-order valence-corrected chi connectivity index (χ4v) is 3.02. The molecule has 2 unspecified atom stereocenters. The van der Waals surface area contributed by atoms with Gasteiger partial charge in [-0.1, -0.05) is 36.4 Å². The molecule has 2 aromatic rings. The standard InChI is InChI=1S/C19H21NO2/c1-2-4-15(5-3-1)11-20-12-18(20)14-22-19-7-6-16-8-9-21-13-17(16)10-19/h1-7,10,18H,8-9,11-14H2. The molecule has 0 amide bonds. The minimum absolute atomic E-state index is 0.549. The van der Waals surface area contributed by atoms with Crippen molar-refractivity contribution in [1.82, 2.24) is 4.90 Å². The molecule has 1 fully saturated rings. The Morgan fingerprint density at radius 2 is 2.00 bits per heavy atom. The van der Waals surface area contributed by atoms with E-state index in [1.807, 2.05) is 0 Å². The summed E-state index contributed by atoms with van der Waals surface area (Å²) in [5.41, 5.74) is 4.05. The number of rotatable bonds is 5. The topological polar surface area (TPSA) is 21.5 Å². The maximum Gasteiger partial charge on any atom is 0.119 e. The molecule has 2 heterocycles. The summed E-state index contributed by atoms with van der Waals surface area (Å²) in [5, 5.41) is 0. The molecule has 114 valence electrons. The van der Waals surface area contributed by atoms with Gasteiger partial charge < -0.3 is 9.47 Å². The van der Waals surface area contributed by atoms with Crippen LogP contribution >= 0.6 is 0 Å². The predicted octanol–water partition coefficient (Wildman–Crippen LogP) is 3.02. The Hall–Kier alpha value is -1.84. The average Bonchev–Trinajstić information content (AvgIpc) is 3.31. The van der Waals surface area contributed by atoms with Gasteiger partial charge in [0, 0.05) is 13.1 Å². The van der Waals surface area contributed by atoms with E-state index in [1.54, 1.807) is 0 Å². The molecule has 2 aliphatic heterocycles. The van der Waals surface area contributed by atoms with Gasteiger partial charge in [0.1, 0.15) is 12.4 Å². The summed E-state index contributed by atoms with van der Waals surface area (Å²) in [6.45, 7) is 4.47. The number of fused-ring (bicyclic) bond motifs is 1. The predicted molar refractivity (Wildman–Crippen MR) is 85.9 cm³/mol. The highest BCUT2D eigenvalue weighted by Crippen LogP contribution is 2.25. The molecular formula is C19H21NO2. The zero-order valence-corrected chi connectivity index (χ0v) is 12.7. The molecule has 3 nitrogen and oxygen atoms in total. The van der Waals surface area contributed by atoms with E-state index in [0.717, 1.165) is 45.1 Å². The van der Waals surface area contributed by atoms with Gasteiger partial charge in [-0.15, -0.1) is 0 Å². The van der Waals surface area contributed by atoms with Gasteiger partial charge >= 0.3 is 0 Å². The van der Waals surface area contributed by atoms with Gasteiger partial charge in [-0.05, 0) is 35.2 Å². The fraction of sp³-hybridized carbons (Fsp3) is 0.368. The van der Waals surface area contributed by atoms with Gasteiger partial charge in [-0.2, -0.15) is 0 Å². The van der Waals surface area contributed by atoms with Crippen LogP contribution in [0.4, 0.5) is 0 Å². The first-order valence-electron chi connectivity index (χ1n) is 7.99. The molecule has 2 atom stereocenters. The van der Waals surface area contributed by atoms with Gasteiger partial charge in [-0.3, -0.25) is 4.90 Å². The van der Waals surface area contributed by atoms with E-state index in [9.17, 15) is 0 Å². The van der Waals surface area contributed by atoms with E-state index in [1.165, 1.54) is 16.7 Å². The van der Waals surface area contributed by atoms with E-state index in [2.05, 4.69) is 53.4 Å². The number of benzene rings is 2. The van der Waals surface area contributed by atoms with Crippen LogP contribution in [-0.4, -0.2) is 30.7 Å². The van der Waals surface area contributed by atoms with Crippen molar-refractivity contribution >= 4 is 0 Å². The van der Waals surface area contributed by atoms with Crippen LogP contribution in [0.15, 0.2) is 48.5 Å². The fourth-order valence-electron chi connectivity index (χ4n) is 3.02. The third-order valence-corrected chi connectivity index (χ3v) is 4.45. The quantitative estimate of drug-likeness (QED) is 0.791. The van der Waals surface area contributed by atoms with Crippen LogP contribution in [0.2, 0.25) is 0 Å². The summed E-state index contributed by atoms with van der Waals surface area (Å²) in [6.07, 6.45) is 1.02. The molecule has 0 aromatic heterocycles. The average molecular weight is 295 g/mol. The molecule has 22 heavy (non-hydrogen) atoms. The molecule has 2 aliphatic rings. The van der Waals surface area contributed by atoms with Gasteiger partial charge in [0.05, 0.1) is 19.3 Å². The van der Waals surface area contributed by atoms with E-state index < -0.39 is 0 Å². The molecule has 0 spiro atoms. The first kappa shape index (κ1) is 13.8. The SMILES string of the molecule is c1ccc(CN2CC2COc2ccc3c(c2)COCC3)cc1. The largest absolute Gasteiger partial charge is 0.492 e. The highest BCUT2D eigenvalue weighted by atomic mass is 16.5. The van der Waals surface area contributed by atoms with E-state index >= 15 is 0 Å². The molecular weight excluding hydrogens is 274 g/mol. The van der Waals surface area contributed by atoms with E-state index in [4.69, 9.17) is 9.47 Å². The molecule has 0 radical (unpaired) electrons. The second kappa shape index (κ2) is 6.11.